The Morgan fingerprint density at radius 3 is 2.62 bits per heavy atom. The lowest BCUT2D eigenvalue weighted by Gasteiger charge is -2.27. The molecule has 0 aliphatic carbocycles. The summed E-state index contributed by atoms with van der Waals surface area (Å²) >= 11 is 0. The first-order valence-electron chi connectivity index (χ1n) is 8.92. The fourth-order valence-electron chi connectivity index (χ4n) is 2.87. The maximum Gasteiger partial charge on any atom is 0.234 e. The van der Waals surface area contributed by atoms with Crippen molar-refractivity contribution < 1.29 is 13.9 Å². The third kappa shape index (κ3) is 5.85. The molecule has 2 aromatic rings. The average Bonchev–Trinajstić information content (AvgIpc) is 2.67. The highest BCUT2D eigenvalue weighted by molar-refractivity contribution is 5.78. The minimum atomic E-state index is -0.247. The summed E-state index contributed by atoms with van der Waals surface area (Å²) in [5.74, 6) is 0.556. The first-order valence-corrected chi connectivity index (χ1v) is 8.92. The maximum atomic E-state index is 12.9. The number of carbonyl (C=O) groups is 1. The fourth-order valence-corrected chi connectivity index (χ4v) is 2.87. The molecule has 0 radical (unpaired) electrons. The van der Waals surface area contributed by atoms with Gasteiger partial charge in [-0.25, -0.2) is 4.39 Å². The number of hydrogen-bond donors (Lipinski definition) is 1. The van der Waals surface area contributed by atoms with Crippen molar-refractivity contribution in [2.75, 3.05) is 26.7 Å². The van der Waals surface area contributed by atoms with Gasteiger partial charge in [0.2, 0.25) is 5.91 Å². The van der Waals surface area contributed by atoms with Crippen LogP contribution in [0.4, 0.5) is 4.39 Å². The zero-order valence-electron chi connectivity index (χ0n) is 15.7. The standard InChI is InChI=1S/C21H27FN2O2/c1-4-24(16(2)18-6-5-7-20(14-18)26-3)15-21(25)23-13-12-17-8-10-19(22)11-9-17/h5-11,14,16H,4,12-13,15H2,1-3H3,(H,23,25). The molecule has 5 heteroatoms. The summed E-state index contributed by atoms with van der Waals surface area (Å²) < 4.78 is 18.2. The topological polar surface area (TPSA) is 41.6 Å². The molecule has 0 bridgehead atoms. The van der Waals surface area contributed by atoms with Crippen LogP contribution in [0.15, 0.2) is 48.5 Å². The van der Waals surface area contributed by atoms with Crippen LogP contribution in [0, 0.1) is 5.82 Å². The zero-order valence-corrected chi connectivity index (χ0v) is 15.7. The van der Waals surface area contributed by atoms with Crippen LogP contribution in [0.5, 0.6) is 5.75 Å². The van der Waals surface area contributed by atoms with Crippen LogP contribution in [-0.4, -0.2) is 37.6 Å². The Labute approximate surface area is 155 Å². The van der Waals surface area contributed by atoms with Crippen molar-refractivity contribution in [1.29, 1.82) is 0 Å². The molecule has 0 aliphatic rings. The van der Waals surface area contributed by atoms with Crippen molar-refractivity contribution in [3.63, 3.8) is 0 Å². The van der Waals surface area contributed by atoms with Crippen LogP contribution < -0.4 is 10.1 Å². The number of ether oxygens (including phenoxy) is 1. The Hall–Kier alpha value is -2.40. The molecule has 2 aromatic carbocycles. The molecule has 2 rings (SSSR count). The smallest absolute Gasteiger partial charge is 0.234 e. The summed E-state index contributed by atoms with van der Waals surface area (Å²) in [7, 11) is 1.65. The van der Waals surface area contributed by atoms with Crippen LogP contribution in [0.3, 0.4) is 0 Å². The minimum absolute atomic E-state index is 0.0105. The molecule has 1 N–H and O–H groups in total. The Morgan fingerprint density at radius 1 is 1.23 bits per heavy atom. The molecular formula is C21H27FN2O2. The van der Waals surface area contributed by atoms with E-state index in [9.17, 15) is 9.18 Å². The SMILES string of the molecule is CCN(CC(=O)NCCc1ccc(F)cc1)C(C)c1cccc(OC)c1. The lowest BCUT2D eigenvalue weighted by atomic mass is 10.1. The highest BCUT2D eigenvalue weighted by atomic mass is 19.1. The van der Waals surface area contributed by atoms with E-state index in [1.165, 1.54) is 12.1 Å². The summed E-state index contributed by atoms with van der Waals surface area (Å²) in [5, 5.41) is 2.94. The molecule has 1 atom stereocenters. The first kappa shape index (κ1) is 19.9. The molecule has 0 spiro atoms. The second-order valence-corrected chi connectivity index (χ2v) is 6.24. The number of nitrogens with one attached hydrogen (secondary N) is 1. The second kappa shape index (κ2) is 9.92. The number of likely N-dealkylation sites (N-methyl/N-ethyl adjacent to an activating group) is 1. The van der Waals surface area contributed by atoms with E-state index < -0.39 is 0 Å². The Morgan fingerprint density at radius 2 is 1.96 bits per heavy atom. The van der Waals surface area contributed by atoms with Gasteiger partial charge in [-0.3, -0.25) is 9.69 Å². The van der Waals surface area contributed by atoms with Crippen LogP contribution in [-0.2, 0) is 11.2 Å². The summed E-state index contributed by atoms with van der Waals surface area (Å²) in [6, 6.07) is 14.4. The summed E-state index contributed by atoms with van der Waals surface area (Å²) in [6.45, 7) is 5.77. The molecule has 4 nitrogen and oxygen atoms in total. The molecule has 0 aromatic heterocycles. The van der Waals surface area contributed by atoms with Crippen LogP contribution >= 0.6 is 0 Å². The number of rotatable bonds is 9. The number of nitrogens with zero attached hydrogens (tertiary/aromatic N) is 1. The summed E-state index contributed by atoms with van der Waals surface area (Å²) in [6.07, 6.45) is 0.684. The van der Waals surface area contributed by atoms with Gasteiger partial charge >= 0.3 is 0 Å². The van der Waals surface area contributed by atoms with E-state index in [0.29, 0.717) is 19.5 Å². The van der Waals surface area contributed by atoms with Crippen molar-refractivity contribution in [1.82, 2.24) is 10.2 Å². The van der Waals surface area contributed by atoms with Gasteiger partial charge in [0.25, 0.3) is 0 Å². The van der Waals surface area contributed by atoms with Crippen LogP contribution in [0.25, 0.3) is 0 Å². The fraction of sp³-hybridized carbons (Fsp3) is 0.381. The normalized spacial score (nSPS) is 12.0. The maximum absolute atomic E-state index is 12.9. The molecule has 0 fully saturated rings. The predicted molar refractivity (Wildman–Crippen MR) is 102 cm³/mol. The monoisotopic (exact) mass is 358 g/mol. The molecule has 0 aliphatic heterocycles. The molecule has 0 saturated carbocycles. The van der Waals surface area contributed by atoms with Crippen molar-refractivity contribution in [3.8, 4) is 5.75 Å². The highest BCUT2D eigenvalue weighted by Gasteiger charge is 2.17. The number of benzene rings is 2. The van der Waals surface area contributed by atoms with Crippen LogP contribution in [0.2, 0.25) is 0 Å². The summed E-state index contributed by atoms with van der Waals surface area (Å²) in [4.78, 5) is 14.4. The number of amides is 1. The number of hydrogen-bond acceptors (Lipinski definition) is 3. The average molecular weight is 358 g/mol. The molecule has 1 unspecified atom stereocenters. The molecular weight excluding hydrogens is 331 g/mol. The predicted octanol–water partition coefficient (Wildman–Crippen LogP) is 3.58. The Bertz CT molecular complexity index is 703. The molecule has 26 heavy (non-hydrogen) atoms. The van der Waals surface area contributed by atoms with Crippen molar-refractivity contribution in [3.05, 3.63) is 65.5 Å². The van der Waals surface area contributed by atoms with Gasteiger partial charge in [0.15, 0.2) is 0 Å². The van der Waals surface area contributed by atoms with Gasteiger partial charge in [0.1, 0.15) is 11.6 Å². The van der Waals surface area contributed by atoms with Crippen LogP contribution in [0.1, 0.15) is 31.0 Å². The van der Waals surface area contributed by atoms with Crippen molar-refractivity contribution in [2.45, 2.75) is 26.3 Å². The van der Waals surface area contributed by atoms with Gasteiger partial charge in [-0.1, -0.05) is 31.2 Å². The van der Waals surface area contributed by atoms with Gasteiger partial charge in [-0.05, 0) is 55.3 Å². The van der Waals surface area contributed by atoms with Gasteiger partial charge in [-0.2, -0.15) is 0 Å². The lowest BCUT2D eigenvalue weighted by Crippen LogP contribution is -2.39. The van der Waals surface area contributed by atoms with Gasteiger partial charge < -0.3 is 10.1 Å². The van der Waals surface area contributed by atoms with E-state index in [0.717, 1.165) is 23.4 Å². The van der Waals surface area contributed by atoms with E-state index >= 15 is 0 Å². The van der Waals surface area contributed by atoms with Gasteiger partial charge in [0.05, 0.1) is 13.7 Å². The van der Waals surface area contributed by atoms with Gasteiger partial charge in [0, 0.05) is 12.6 Å². The van der Waals surface area contributed by atoms with E-state index in [1.807, 2.05) is 31.2 Å². The van der Waals surface area contributed by atoms with E-state index in [2.05, 4.69) is 17.1 Å². The molecule has 0 heterocycles. The first-order chi connectivity index (χ1) is 12.5. The third-order valence-electron chi connectivity index (χ3n) is 4.53. The third-order valence-corrected chi connectivity index (χ3v) is 4.53. The van der Waals surface area contributed by atoms with Crippen molar-refractivity contribution >= 4 is 5.91 Å². The highest BCUT2D eigenvalue weighted by Crippen LogP contribution is 2.23. The lowest BCUT2D eigenvalue weighted by molar-refractivity contribution is -0.122. The second-order valence-electron chi connectivity index (χ2n) is 6.24. The van der Waals surface area contributed by atoms with Gasteiger partial charge in [-0.15, -0.1) is 0 Å². The van der Waals surface area contributed by atoms with E-state index in [4.69, 9.17) is 4.74 Å². The van der Waals surface area contributed by atoms with E-state index in [-0.39, 0.29) is 17.8 Å². The Kier molecular flexibility index (Phi) is 7.60. The minimum Gasteiger partial charge on any atom is -0.497 e. The Balaban J connectivity index is 1.85. The molecule has 140 valence electrons. The number of halogens is 1. The number of carbonyl (C=O) groups excluding carboxylic acids is 1. The molecule has 1 amide bonds. The van der Waals surface area contributed by atoms with E-state index in [1.54, 1.807) is 19.2 Å². The summed E-state index contributed by atoms with van der Waals surface area (Å²) in [5.41, 5.74) is 2.12. The largest absolute Gasteiger partial charge is 0.497 e. The van der Waals surface area contributed by atoms with Crippen molar-refractivity contribution in [2.24, 2.45) is 0 Å². The zero-order chi connectivity index (χ0) is 18.9. The quantitative estimate of drug-likeness (QED) is 0.745. The number of methoxy groups -OCH3 is 1. The molecule has 0 saturated heterocycles.